The first-order valence-electron chi connectivity index (χ1n) is 7.78. The molecule has 4 rings (SSSR count). The topological polar surface area (TPSA) is 81.3 Å². The Kier molecular flexibility index (Phi) is 3.86. The van der Waals surface area contributed by atoms with Gasteiger partial charge in [0.05, 0.1) is 55.9 Å². The van der Waals surface area contributed by atoms with Crippen LogP contribution >= 0.6 is 0 Å². The first kappa shape index (κ1) is 17.7. The summed E-state index contributed by atoms with van der Waals surface area (Å²) in [4.78, 5) is 25.4. The van der Waals surface area contributed by atoms with Gasteiger partial charge in [-0.25, -0.2) is 9.00 Å². The van der Waals surface area contributed by atoms with E-state index in [1.165, 1.54) is 18.2 Å². The number of hydrogen-bond acceptors (Lipinski definition) is 4. The fourth-order valence-electron chi connectivity index (χ4n) is 3.19. The molecule has 2 aromatic carbocycles. The highest BCUT2D eigenvalue weighted by Crippen LogP contribution is 2.37. The Morgan fingerprint density at radius 3 is 2.48 bits per heavy atom. The van der Waals surface area contributed by atoms with Gasteiger partial charge in [0.25, 0.3) is 5.56 Å². The van der Waals surface area contributed by atoms with Gasteiger partial charge in [-0.3, -0.25) is 13.9 Å². The molecule has 0 saturated heterocycles. The molecule has 0 radical (unpaired) electrons. The lowest BCUT2D eigenvalue weighted by atomic mass is 10.1. The van der Waals surface area contributed by atoms with Gasteiger partial charge in [-0.05, 0) is 30.3 Å². The molecule has 6 nitrogen and oxygen atoms in total. The third-order valence-corrected chi connectivity index (χ3v) is 5.83. The lowest BCUT2D eigenvalue weighted by Crippen LogP contribution is -2.41. The molecule has 1 N–H and O–H groups in total. The summed E-state index contributed by atoms with van der Waals surface area (Å²) in [6.45, 7) is -0.733. The lowest BCUT2D eigenvalue weighted by molar-refractivity contribution is -0.137. The number of alkyl halides is 3. The molecule has 3 aromatic rings. The molecule has 1 atom stereocenters. The van der Waals surface area contributed by atoms with Gasteiger partial charge < -0.3 is 5.11 Å². The number of fused-ring (bicyclic) bond motifs is 2. The van der Waals surface area contributed by atoms with Crippen LogP contribution in [0.3, 0.4) is 0 Å². The van der Waals surface area contributed by atoms with Crippen molar-refractivity contribution in [3.8, 4) is 5.69 Å². The second kappa shape index (κ2) is 5.89. The van der Waals surface area contributed by atoms with Gasteiger partial charge in [0, 0.05) is 0 Å². The van der Waals surface area contributed by atoms with E-state index in [1.54, 1.807) is 0 Å². The fraction of sp³-hybridized carbons (Fsp3) is 0.176. The van der Waals surface area contributed by atoms with Crippen molar-refractivity contribution in [1.82, 2.24) is 9.13 Å². The molecule has 0 fully saturated rings. The van der Waals surface area contributed by atoms with Crippen LogP contribution in [0.5, 0.6) is 0 Å². The molecule has 1 aliphatic heterocycles. The highest BCUT2D eigenvalue weighted by molar-refractivity contribution is 7.85. The van der Waals surface area contributed by atoms with E-state index in [0.29, 0.717) is 0 Å². The van der Waals surface area contributed by atoms with Gasteiger partial charge in [-0.2, -0.15) is 13.2 Å². The van der Waals surface area contributed by atoms with Crippen LogP contribution in [0.4, 0.5) is 13.2 Å². The SMILES string of the molecule is O=c1c2cccc3c2n(c(=O)n1CCO)-c1ccc(C(F)(F)F)cc1S3=O. The van der Waals surface area contributed by atoms with Gasteiger partial charge in [-0.15, -0.1) is 0 Å². The molecule has 1 aliphatic rings. The number of benzene rings is 2. The van der Waals surface area contributed by atoms with E-state index in [4.69, 9.17) is 5.11 Å². The van der Waals surface area contributed by atoms with Crippen molar-refractivity contribution in [2.45, 2.75) is 22.5 Å². The molecule has 0 amide bonds. The lowest BCUT2D eigenvalue weighted by Gasteiger charge is -2.23. The molecule has 0 spiro atoms. The zero-order valence-electron chi connectivity index (χ0n) is 13.5. The van der Waals surface area contributed by atoms with E-state index in [2.05, 4.69) is 0 Å². The minimum Gasteiger partial charge on any atom is -0.395 e. The van der Waals surface area contributed by atoms with E-state index in [0.717, 1.165) is 27.3 Å². The number of nitrogens with zero attached hydrogens (tertiary/aromatic N) is 2. The Balaban J connectivity index is 2.19. The molecule has 27 heavy (non-hydrogen) atoms. The Bertz CT molecular complexity index is 1240. The number of halogens is 3. The first-order valence-corrected chi connectivity index (χ1v) is 8.93. The molecular formula is C17H11F3N2O4S. The van der Waals surface area contributed by atoms with Gasteiger partial charge in [-0.1, -0.05) is 6.07 Å². The minimum absolute atomic E-state index is 0.0155. The van der Waals surface area contributed by atoms with Crippen molar-refractivity contribution >= 4 is 21.7 Å². The largest absolute Gasteiger partial charge is 0.416 e. The summed E-state index contributed by atoms with van der Waals surface area (Å²) in [5, 5.41) is 9.25. The van der Waals surface area contributed by atoms with Crippen LogP contribution in [-0.4, -0.2) is 25.1 Å². The predicted molar refractivity (Wildman–Crippen MR) is 90.6 cm³/mol. The minimum atomic E-state index is -4.63. The van der Waals surface area contributed by atoms with E-state index < -0.39 is 40.4 Å². The second-order valence-electron chi connectivity index (χ2n) is 5.90. The quantitative estimate of drug-likeness (QED) is 0.559. The highest BCUT2D eigenvalue weighted by atomic mass is 32.2. The smallest absolute Gasteiger partial charge is 0.395 e. The highest BCUT2D eigenvalue weighted by Gasteiger charge is 2.34. The van der Waals surface area contributed by atoms with Crippen LogP contribution in [0.15, 0.2) is 55.8 Å². The number of aromatic nitrogens is 2. The van der Waals surface area contributed by atoms with Crippen LogP contribution in [0, 0.1) is 0 Å². The maximum absolute atomic E-state index is 13.1. The van der Waals surface area contributed by atoms with Gasteiger partial charge in [0.15, 0.2) is 0 Å². The van der Waals surface area contributed by atoms with Gasteiger partial charge in [0.2, 0.25) is 0 Å². The normalized spacial score (nSPS) is 15.8. The third kappa shape index (κ3) is 2.47. The van der Waals surface area contributed by atoms with Crippen molar-refractivity contribution in [2.24, 2.45) is 0 Å². The molecule has 0 aliphatic carbocycles. The molecule has 0 bridgehead atoms. The molecular weight excluding hydrogens is 385 g/mol. The number of rotatable bonds is 2. The molecule has 2 heterocycles. The Morgan fingerprint density at radius 1 is 1.07 bits per heavy atom. The number of aliphatic hydroxyl groups excluding tert-OH is 1. The maximum atomic E-state index is 13.1. The standard InChI is InChI=1S/C17H11F3N2O4S/c18-17(19,20)9-4-5-11-13(8-9)27(26)12-3-1-2-10-14(12)22(11)16(25)21(6-7-23)15(10)24/h1-5,8,23H,6-7H2. The Hall–Kier alpha value is -2.72. The van der Waals surface area contributed by atoms with Crippen LogP contribution in [-0.2, 0) is 23.5 Å². The maximum Gasteiger partial charge on any atom is 0.416 e. The van der Waals surface area contributed by atoms with E-state index >= 15 is 0 Å². The molecule has 10 heteroatoms. The molecule has 1 unspecified atom stereocenters. The fourth-order valence-corrected chi connectivity index (χ4v) is 4.59. The summed E-state index contributed by atoms with van der Waals surface area (Å²) < 4.78 is 54.0. The number of hydrogen-bond donors (Lipinski definition) is 1. The van der Waals surface area contributed by atoms with Crippen molar-refractivity contribution in [2.75, 3.05) is 6.61 Å². The van der Waals surface area contributed by atoms with E-state index in [1.807, 2.05) is 0 Å². The Morgan fingerprint density at radius 2 is 1.81 bits per heavy atom. The summed E-state index contributed by atoms with van der Waals surface area (Å²) in [5.74, 6) is 0. The number of para-hydroxylation sites is 1. The van der Waals surface area contributed by atoms with Crippen LogP contribution < -0.4 is 11.2 Å². The van der Waals surface area contributed by atoms with E-state index in [9.17, 15) is 27.0 Å². The second-order valence-corrected chi connectivity index (χ2v) is 7.32. The summed E-state index contributed by atoms with van der Waals surface area (Å²) in [6, 6.07) is 6.92. The van der Waals surface area contributed by atoms with Gasteiger partial charge in [0.1, 0.15) is 0 Å². The Labute approximate surface area is 151 Å². The monoisotopic (exact) mass is 396 g/mol. The zero-order chi connectivity index (χ0) is 19.5. The van der Waals surface area contributed by atoms with Gasteiger partial charge >= 0.3 is 11.9 Å². The van der Waals surface area contributed by atoms with Crippen LogP contribution in [0.25, 0.3) is 16.6 Å². The van der Waals surface area contributed by atoms with Crippen molar-refractivity contribution in [3.63, 3.8) is 0 Å². The third-order valence-electron chi connectivity index (χ3n) is 4.37. The average Bonchev–Trinajstić information content (AvgIpc) is 2.63. The van der Waals surface area contributed by atoms with Crippen LogP contribution in [0.2, 0.25) is 0 Å². The average molecular weight is 396 g/mol. The number of aliphatic hydroxyl groups is 1. The zero-order valence-corrected chi connectivity index (χ0v) is 14.3. The summed E-state index contributed by atoms with van der Waals surface area (Å²) in [7, 11) is -1.99. The summed E-state index contributed by atoms with van der Waals surface area (Å²) >= 11 is 0. The van der Waals surface area contributed by atoms with Crippen LogP contribution in [0.1, 0.15) is 5.56 Å². The molecule has 140 valence electrons. The first-order chi connectivity index (χ1) is 12.8. The van der Waals surface area contributed by atoms with Crippen molar-refractivity contribution < 1.29 is 22.5 Å². The van der Waals surface area contributed by atoms with Crippen molar-refractivity contribution in [1.29, 1.82) is 0 Å². The predicted octanol–water partition coefficient (Wildman–Crippen LogP) is 1.64. The summed E-state index contributed by atoms with van der Waals surface area (Å²) in [5.41, 5.74) is -2.34. The summed E-state index contributed by atoms with van der Waals surface area (Å²) in [6.07, 6.45) is -4.63. The van der Waals surface area contributed by atoms with E-state index in [-0.39, 0.29) is 32.9 Å². The molecule has 1 aromatic heterocycles. The molecule has 0 saturated carbocycles. The van der Waals surface area contributed by atoms with Crippen molar-refractivity contribution in [3.05, 3.63) is 62.8 Å².